The van der Waals surface area contributed by atoms with Gasteiger partial charge >= 0.3 is 5.97 Å². The van der Waals surface area contributed by atoms with Gasteiger partial charge in [-0.3, -0.25) is 4.79 Å². The molecule has 0 aromatic carbocycles. The van der Waals surface area contributed by atoms with Crippen LogP contribution in [0.1, 0.15) is 13.3 Å². The molecule has 0 saturated heterocycles. The summed E-state index contributed by atoms with van der Waals surface area (Å²) in [6.45, 7) is 1.70. The fourth-order valence-corrected chi connectivity index (χ4v) is 0.438. The lowest BCUT2D eigenvalue weighted by atomic mass is 10.1. The van der Waals surface area contributed by atoms with Gasteiger partial charge in [-0.1, -0.05) is 12.8 Å². The highest BCUT2D eigenvalue weighted by Gasteiger charge is 2.09. The molecule has 0 spiro atoms. The number of hydrogen-bond acceptors (Lipinski definition) is 2. The van der Waals surface area contributed by atoms with Crippen LogP contribution in [0.25, 0.3) is 0 Å². The third-order valence-electron chi connectivity index (χ3n) is 1.01. The molecular formula is C7H9O2. The number of hydrogen-bond donors (Lipinski definition) is 0. The summed E-state index contributed by atoms with van der Waals surface area (Å²) in [7, 11) is 1.34. The molecule has 0 N–H and O–H groups in total. The Labute approximate surface area is 55.2 Å². The third-order valence-corrected chi connectivity index (χ3v) is 1.01. The van der Waals surface area contributed by atoms with Crippen LogP contribution in [0.3, 0.4) is 0 Å². The van der Waals surface area contributed by atoms with Crippen molar-refractivity contribution in [3.05, 3.63) is 6.42 Å². The second-order valence-corrected chi connectivity index (χ2v) is 1.81. The molecule has 0 amide bonds. The Balaban J connectivity index is 3.62. The average Bonchev–Trinajstić information content (AvgIpc) is 1.87. The quantitative estimate of drug-likeness (QED) is 0.402. The van der Waals surface area contributed by atoms with E-state index in [1.165, 1.54) is 7.11 Å². The Bertz CT molecular complexity index is 132. The van der Waals surface area contributed by atoms with Crippen molar-refractivity contribution in [1.29, 1.82) is 0 Å². The zero-order valence-electron chi connectivity index (χ0n) is 5.60. The van der Waals surface area contributed by atoms with Crippen molar-refractivity contribution in [1.82, 2.24) is 0 Å². The van der Waals surface area contributed by atoms with Gasteiger partial charge in [-0.05, 0) is 6.42 Å². The van der Waals surface area contributed by atoms with E-state index in [-0.39, 0.29) is 11.9 Å². The summed E-state index contributed by atoms with van der Waals surface area (Å²) in [6.07, 6.45) is 6.88. The monoisotopic (exact) mass is 125 g/mol. The fourth-order valence-electron chi connectivity index (χ4n) is 0.438. The van der Waals surface area contributed by atoms with E-state index in [0.717, 1.165) is 0 Å². The van der Waals surface area contributed by atoms with Gasteiger partial charge in [0.1, 0.15) is 0 Å². The van der Waals surface area contributed by atoms with E-state index in [1.807, 2.05) is 0 Å². The summed E-state index contributed by atoms with van der Waals surface area (Å²) in [5, 5.41) is 0. The zero-order valence-corrected chi connectivity index (χ0v) is 5.60. The van der Waals surface area contributed by atoms with Crippen molar-refractivity contribution in [2.45, 2.75) is 13.3 Å². The largest absolute Gasteiger partial charge is 0.469 e. The predicted molar refractivity (Wildman–Crippen MR) is 32.9 cm³/mol. The maximum Gasteiger partial charge on any atom is 0.309 e. The standard InChI is InChI=1S/C7H9O2/c1-4-5-6(2)7(8)9-3/h6H,5H2,2-3H3. The summed E-state index contributed by atoms with van der Waals surface area (Å²) < 4.78 is 4.40. The predicted octanol–water partition coefficient (Wildman–Crippen LogP) is 0.775. The SMILES string of the molecule is [C]#CCC(C)C(=O)OC. The van der Waals surface area contributed by atoms with Crippen LogP contribution < -0.4 is 0 Å². The van der Waals surface area contributed by atoms with Gasteiger partial charge in [0.2, 0.25) is 0 Å². The first-order valence-corrected chi connectivity index (χ1v) is 2.69. The van der Waals surface area contributed by atoms with Crippen LogP contribution in [0.2, 0.25) is 0 Å². The minimum absolute atomic E-state index is 0.229. The Hall–Kier alpha value is -0.970. The molecule has 0 aliphatic carbocycles. The first-order chi connectivity index (χ1) is 4.22. The molecular weight excluding hydrogens is 116 g/mol. The molecule has 0 saturated carbocycles. The molecule has 0 aromatic heterocycles. The number of methoxy groups -OCH3 is 1. The van der Waals surface area contributed by atoms with Gasteiger partial charge in [0.05, 0.1) is 13.0 Å². The molecule has 1 atom stereocenters. The zero-order chi connectivity index (χ0) is 7.28. The van der Waals surface area contributed by atoms with Gasteiger partial charge in [0.15, 0.2) is 0 Å². The van der Waals surface area contributed by atoms with Gasteiger partial charge in [-0.2, -0.15) is 0 Å². The minimum Gasteiger partial charge on any atom is -0.469 e. The Kier molecular flexibility index (Phi) is 3.54. The molecule has 0 fully saturated rings. The fraction of sp³-hybridized carbons (Fsp3) is 0.571. The molecule has 0 aliphatic heterocycles. The van der Waals surface area contributed by atoms with Crippen molar-refractivity contribution < 1.29 is 9.53 Å². The number of rotatable bonds is 2. The number of ether oxygens (including phenoxy) is 1. The Morgan fingerprint density at radius 1 is 1.89 bits per heavy atom. The van der Waals surface area contributed by atoms with E-state index in [1.54, 1.807) is 6.92 Å². The molecule has 1 radical (unpaired) electrons. The van der Waals surface area contributed by atoms with Crippen molar-refractivity contribution in [3.8, 4) is 5.92 Å². The summed E-state index contributed by atoms with van der Waals surface area (Å²) in [5.41, 5.74) is 0. The van der Waals surface area contributed by atoms with Gasteiger partial charge in [0.25, 0.3) is 0 Å². The second kappa shape index (κ2) is 3.96. The maximum absolute atomic E-state index is 10.6. The van der Waals surface area contributed by atoms with E-state index in [2.05, 4.69) is 10.7 Å². The van der Waals surface area contributed by atoms with E-state index in [9.17, 15) is 4.79 Å². The van der Waals surface area contributed by atoms with Crippen molar-refractivity contribution in [2.75, 3.05) is 7.11 Å². The molecule has 1 unspecified atom stereocenters. The van der Waals surface area contributed by atoms with E-state index in [0.29, 0.717) is 6.42 Å². The normalized spacial score (nSPS) is 11.7. The van der Waals surface area contributed by atoms with E-state index >= 15 is 0 Å². The third kappa shape index (κ3) is 2.76. The highest BCUT2D eigenvalue weighted by atomic mass is 16.5. The van der Waals surface area contributed by atoms with Crippen molar-refractivity contribution >= 4 is 5.97 Å². The highest BCUT2D eigenvalue weighted by Crippen LogP contribution is 2.01. The highest BCUT2D eigenvalue weighted by molar-refractivity contribution is 5.72. The molecule has 9 heavy (non-hydrogen) atoms. The number of carbonyl (C=O) groups excluding carboxylic acids is 1. The van der Waals surface area contributed by atoms with E-state index in [4.69, 9.17) is 6.42 Å². The molecule has 0 aromatic rings. The van der Waals surface area contributed by atoms with Crippen LogP contribution in [0, 0.1) is 18.3 Å². The Morgan fingerprint density at radius 2 is 2.44 bits per heavy atom. The summed E-state index contributed by atoms with van der Waals surface area (Å²) >= 11 is 0. The topological polar surface area (TPSA) is 26.3 Å². The maximum atomic E-state index is 10.6. The first-order valence-electron chi connectivity index (χ1n) is 2.69. The lowest BCUT2D eigenvalue weighted by Crippen LogP contribution is -2.11. The van der Waals surface area contributed by atoms with Gasteiger partial charge < -0.3 is 4.74 Å². The summed E-state index contributed by atoms with van der Waals surface area (Å²) in [4.78, 5) is 10.6. The van der Waals surface area contributed by atoms with Crippen molar-refractivity contribution in [3.63, 3.8) is 0 Å². The minimum atomic E-state index is -0.283. The average molecular weight is 125 g/mol. The van der Waals surface area contributed by atoms with Gasteiger partial charge in [-0.15, -0.1) is 0 Å². The van der Waals surface area contributed by atoms with Crippen LogP contribution in [0.5, 0.6) is 0 Å². The van der Waals surface area contributed by atoms with Gasteiger partial charge in [-0.25, -0.2) is 0 Å². The smallest absolute Gasteiger partial charge is 0.309 e. The summed E-state index contributed by atoms with van der Waals surface area (Å²) in [6, 6.07) is 0. The van der Waals surface area contributed by atoms with E-state index < -0.39 is 0 Å². The molecule has 49 valence electrons. The van der Waals surface area contributed by atoms with Gasteiger partial charge in [0, 0.05) is 6.42 Å². The molecule has 0 rings (SSSR count). The molecule has 0 heterocycles. The molecule has 2 heteroatoms. The van der Waals surface area contributed by atoms with Crippen molar-refractivity contribution in [2.24, 2.45) is 5.92 Å². The molecule has 0 bridgehead atoms. The molecule has 0 aliphatic rings. The second-order valence-electron chi connectivity index (χ2n) is 1.81. The van der Waals surface area contributed by atoms with Crippen LogP contribution in [0.15, 0.2) is 0 Å². The lowest BCUT2D eigenvalue weighted by molar-refractivity contribution is -0.144. The summed E-state index contributed by atoms with van der Waals surface area (Å²) in [5.74, 6) is 1.62. The van der Waals surface area contributed by atoms with Crippen LogP contribution in [-0.2, 0) is 9.53 Å². The number of carbonyl (C=O) groups is 1. The number of esters is 1. The van der Waals surface area contributed by atoms with Crippen LogP contribution in [-0.4, -0.2) is 13.1 Å². The first kappa shape index (κ1) is 8.03. The lowest BCUT2D eigenvalue weighted by Gasteiger charge is -2.02. The van der Waals surface area contributed by atoms with Crippen LogP contribution in [0.4, 0.5) is 0 Å². The molecule has 2 nitrogen and oxygen atoms in total. The van der Waals surface area contributed by atoms with Crippen LogP contribution >= 0.6 is 0 Å². The Morgan fingerprint density at radius 3 is 2.78 bits per heavy atom.